The van der Waals surface area contributed by atoms with Crippen molar-refractivity contribution in [2.75, 3.05) is 6.61 Å². The molecule has 1 aromatic rings. The highest BCUT2D eigenvalue weighted by atomic mass is 35.5. The van der Waals surface area contributed by atoms with E-state index in [1.165, 1.54) is 12.1 Å². The minimum absolute atomic E-state index is 0.0628. The van der Waals surface area contributed by atoms with Gasteiger partial charge in [-0.05, 0) is 25.5 Å². The van der Waals surface area contributed by atoms with Gasteiger partial charge in [-0.15, -0.1) is 0 Å². The fourth-order valence-electron chi connectivity index (χ4n) is 1.41. The van der Waals surface area contributed by atoms with E-state index >= 15 is 0 Å². The third-order valence-corrected chi connectivity index (χ3v) is 2.84. The van der Waals surface area contributed by atoms with Gasteiger partial charge in [0.15, 0.2) is 0 Å². The van der Waals surface area contributed by atoms with Crippen LogP contribution in [0.25, 0.3) is 0 Å². The predicted molar refractivity (Wildman–Crippen MR) is 71.0 cm³/mol. The molecule has 6 nitrogen and oxygen atoms in total. The minimum Gasteiger partial charge on any atom is -0.465 e. The number of esters is 1. The molecule has 1 rings (SSSR count). The smallest absolute Gasteiger partial charge is 0.322 e. The Balaban J connectivity index is 2.63. The Bertz CT molecular complexity index is 479. The summed E-state index contributed by atoms with van der Waals surface area (Å²) in [6.07, 6.45) is 0. The fraction of sp³-hybridized carbons (Fsp3) is 0.417. The van der Waals surface area contributed by atoms with Crippen LogP contribution in [0.2, 0.25) is 5.02 Å². The third kappa shape index (κ3) is 4.50. The standard InChI is InChI=1S/C12H15ClN2O4/c1-3-19-12(16)8(2)14-7-9-4-5-10(15(17)18)6-11(9)13/h4-6,8,14H,3,7H2,1-2H3. The van der Waals surface area contributed by atoms with Gasteiger partial charge < -0.3 is 10.1 Å². The van der Waals surface area contributed by atoms with Gasteiger partial charge in [0.2, 0.25) is 0 Å². The van der Waals surface area contributed by atoms with E-state index in [1.807, 2.05) is 0 Å². The number of ether oxygens (including phenoxy) is 1. The molecular weight excluding hydrogens is 272 g/mol. The Morgan fingerprint density at radius 2 is 2.26 bits per heavy atom. The highest BCUT2D eigenvalue weighted by Gasteiger charge is 2.14. The van der Waals surface area contributed by atoms with E-state index in [0.717, 1.165) is 0 Å². The Hall–Kier alpha value is -1.66. The topological polar surface area (TPSA) is 81.5 Å². The second kappa shape index (κ2) is 7.06. The van der Waals surface area contributed by atoms with Crippen LogP contribution in [0, 0.1) is 10.1 Å². The number of nitrogens with zero attached hydrogens (tertiary/aromatic N) is 1. The number of non-ortho nitro benzene ring substituents is 1. The first-order chi connectivity index (χ1) is 8.95. The molecule has 0 spiro atoms. The van der Waals surface area contributed by atoms with Crippen LogP contribution in [0.1, 0.15) is 19.4 Å². The van der Waals surface area contributed by atoms with E-state index in [4.69, 9.17) is 16.3 Å². The molecule has 0 aliphatic rings. The summed E-state index contributed by atoms with van der Waals surface area (Å²) >= 11 is 5.94. The monoisotopic (exact) mass is 286 g/mol. The third-order valence-electron chi connectivity index (χ3n) is 2.49. The lowest BCUT2D eigenvalue weighted by Gasteiger charge is -2.13. The first kappa shape index (κ1) is 15.4. The molecule has 0 saturated carbocycles. The number of nitro benzene ring substituents is 1. The van der Waals surface area contributed by atoms with Gasteiger partial charge in [-0.25, -0.2) is 0 Å². The van der Waals surface area contributed by atoms with E-state index in [-0.39, 0.29) is 16.7 Å². The van der Waals surface area contributed by atoms with E-state index in [0.29, 0.717) is 18.7 Å². The van der Waals surface area contributed by atoms with Gasteiger partial charge in [0, 0.05) is 18.7 Å². The lowest BCUT2D eigenvalue weighted by molar-refractivity contribution is -0.384. The van der Waals surface area contributed by atoms with Crippen molar-refractivity contribution < 1.29 is 14.5 Å². The van der Waals surface area contributed by atoms with Crippen LogP contribution in [0.15, 0.2) is 18.2 Å². The molecule has 0 heterocycles. The summed E-state index contributed by atoms with van der Waals surface area (Å²) in [7, 11) is 0. The highest BCUT2D eigenvalue weighted by Crippen LogP contribution is 2.22. The van der Waals surface area contributed by atoms with E-state index in [2.05, 4.69) is 5.32 Å². The highest BCUT2D eigenvalue weighted by molar-refractivity contribution is 6.31. The van der Waals surface area contributed by atoms with Crippen molar-refractivity contribution in [2.45, 2.75) is 26.4 Å². The van der Waals surface area contributed by atoms with Crippen LogP contribution in [0.5, 0.6) is 0 Å². The molecule has 0 aromatic heterocycles. The zero-order valence-corrected chi connectivity index (χ0v) is 11.4. The quantitative estimate of drug-likeness (QED) is 0.493. The minimum atomic E-state index is -0.510. The average molecular weight is 287 g/mol. The van der Waals surface area contributed by atoms with Gasteiger partial charge in [0.05, 0.1) is 16.6 Å². The molecule has 0 saturated heterocycles. The Morgan fingerprint density at radius 3 is 2.79 bits per heavy atom. The van der Waals surface area contributed by atoms with Crippen molar-refractivity contribution in [1.82, 2.24) is 5.32 Å². The molecule has 7 heteroatoms. The van der Waals surface area contributed by atoms with Crippen molar-refractivity contribution in [3.63, 3.8) is 0 Å². The molecule has 0 bridgehead atoms. The summed E-state index contributed by atoms with van der Waals surface area (Å²) in [6, 6.07) is 3.75. The first-order valence-corrected chi connectivity index (χ1v) is 6.16. The summed E-state index contributed by atoms with van der Waals surface area (Å²) in [6.45, 7) is 4.06. The summed E-state index contributed by atoms with van der Waals surface area (Å²) in [4.78, 5) is 21.4. The molecule has 0 amide bonds. The average Bonchev–Trinajstić information content (AvgIpc) is 2.36. The maximum atomic E-state index is 11.4. The maximum absolute atomic E-state index is 11.4. The van der Waals surface area contributed by atoms with Crippen LogP contribution in [0.3, 0.4) is 0 Å². The fourth-order valence-corrected chi connectivity index (χ4v) is 1.65. The maximum Gasteiger partial charge on any atom is 0.322 e. The molecular formula is C12H15ClN2O4. The Morgan fingerprint density at radius 1 is 1.58 bits per heavy atom. The molecule has 104 valence electrons. The van der Waals surface area contributed by atoms with Crippen molar-refractivity contribution in [2.24, 2.45) is 0 Å². The normalized spacial score (nSPS) is 11.9. The summed E-state index contributed by atoms with van der Waals surface area (Å²) in [5.41, 5.74) is 0.621. The number of hydrogen-bond acceptors (Lipinski definition) is 5. The summed E-state index contributed by atoms with van der Waals surface area (Å²) < 4.78 is 4.85. The lowest BCUT2D eigenvalue weighted by Crippen LogP contribution is -2.34. The van der Waals surface area contributed by atoms with Gasteiger partial charge >= 0.3 is 5.97 Å². The van der Waals surface area contributed by atoms with Crippen molar-refractivity contribution in [3.05, 3.63) is 38.9 Å². The number of benzene rings is 1. The van der Waals surface area contributed by atoms with E-state index in [9.17, 15) is 14.9 Å². The summed E-state index contributed by atoms with van der Waals surface area (Å²) in [5, 5.41) is 13.8. The van der Waals surface area contributed by atoms with Crippen LogP contribution >= 0.6 is 11.6 Å². The second-order valence-corrected chi connectivity index (χ2v) is 4.29. The van der Waals surface area contributed by atoms with Crippen molar-refractivity contribution >= 4 is 23.3 Å². The predicted octanol–water partition coefficient (Wildman–Crippen LogP) is 2.29. The van der Waals surface area contributed by atoms with Gasteiger partial charge in [-0.3, -0.25) is 14.9 Å². The van der Waals surface area contributed by atoms with Gasteiger partial charge in [-0.2, -0.15) is 0 Å². The Labute approximate surface area is 115 Å². The molecule has 1 aromatic carbocycles. The van der Waals surface area contributed by atoms with Gasteiger partial charge in [0.25, 0.3) is 5.69 Å². The van der Waals surface area contributed by atoms with Crippen molar-refractivity contribution in [1.29, 1.82) is 0 Å². The number of rotatable bonds is 6. The SMILES string of the molecule is CCOC(=O)C(C)NCc1ccc([N+](=O)[O-])cc1Cl. The van der Waals surface area contributed by atoms with Crippen LogP contribution in [-0.4, -0.2) is 23.5 Å². The van der Waals surface area contributed by atoms with Crippen molar-refractivity contribution in [3.8, 4) is 0 Å². The molecule has 0 aliphatic heterocycles. The molecule has 0 radical (unpaired) electrons. The molecule has 1 unspecified atom stereocenters. The lowest BCUT2D eigenvalue weighted by atomic mass is 10.2. The Kier molecular flexibility index (Phi) is 5.72. The van der Waals surface area contributed by atoms with Gasteiger partial charge in [-0.1, -0.05) is 11.6 Å². The molecule has 1 N–H and O–H groups in total. The summed E-state index contributed by atoms with van der Waals surface area (Å²) in [5.74, 6) is -0.347. The largest absolute Gasteiger partial charge is 0.465 e. The molecule has 1 atom stereocenters. The zero-order valence-electron chi connectivity index (χ0n) is 10.7. The number of nitrogens with one attached hydrogen (secondary N) is 1. The number of hydrogen-bond donors (Lipinski definition) is 1. The molecule has 19 heavy (non-hydrogen) atoms. The first-order valence-electron chi connectivity index (χ1n) is 5.78. The molecule has 0 aliphatic carbocycles. The van der Waals surface area contributed by atoms with E-state index < -0.39 is 11.0 Å². The van der Waals surface area contributed by atoms with Crippen LogP contribution in [0.4, 0.5) is 5.69 Å². The number of carbonyl (C=O) groups is 1. The number of halogens is 1. The number of carbonyl (C=O) groups excluding carboxylic acids is 1. The van der Waals surface area contributed by atoms with Crippen LogP contribution < -0.4 is 5.32 Å². The van der Waals surface area contributed by atoms with Crippen LogP contribution in [-0.2, 0) is 16.1 Å². The van der Waals surface area contributed by atoms with Gasteiger partial charge in [0.1, 0.15) is 6.04 Å². The van der Waals surface area contributed by atoms with E-state index in [1.54, 1.807) is 19.9 Å². The molecule has 0 fully saturated rings. The zero-order chi connectivity index (χ0) is 14.4. The second-order valence-electron chi connectivity index (χ2n) is 3.89. The number of nitro groups is 1.